The number of halogens is 1. The van der Waals surface area contributed by atoms with Crippen LogP contribution in [0.15, 0.2) is 36.4 Å². The zero-order chi connectivity index (χ0) is 19.6. The monoisotopic (exact) mass is 387 g/mol. The molecule has 2 aromatic rings. The quantitative estimate of drug-likeness (QED) is 0.578. The molecule has 7 heteroatoms. The van der Waals surface area contributed by atoms with Crippen molar-refractivity contribution in [1.29, 1.82) is 0 Å². The van der Waals surface area contributed by atoms with Gasteiger partial charge in [0, 0.05) is 24.2 Å². The Labute approximate surface area is 163 Å². The Balaban J connectivity index is 1.97. The first-order chi connectivity index (χ1) is 12.9. The van der Waals surface area contributed by atoms with Crippen LogP contribution in [-0.4, -0.2) is 23.4 Å². The number of nitro benzene ring substituents is 1. The van der Waals surface area contributed by atoms with Crippen LogP contribution in [0.5, 0.6) is 0 Å². The van der Waals surface area contributed by atoms with Crippen molar-refractivity contribution in [3.05, 3.63) is 62.7 Å². The molecule has 2 aromatic carbocycles. The van der Waals surface area contributed by atoms with Crippen LogP contribution in [0.1, 0.15) is 42.1 Å². The number of piperidine rings is 1. The maximum atomic E-state index is 12.6. The lowest BCUT2D eigenvalue weighted by atomic mass is 10.0. The zero-order valence-corrected chi connectivity index (χ0v) is 16.1. The highest BCUT2D eigenvalue weighted by atomic mass is 35.5. The van der Waals surface area contributed by atoms with Crippen LogP contribution in [0.3, 0.4) is 0 Å². The highest BCUT2D eigenvalue weighted by molar-refractivity contribution is 6.34. The van der Waals surface area contributed by atoms with Crippen LogP contribution in [0.2, 0.25) is 5.02 Å². The third kappa shape index (κ3) is 4.22. The highest BCUT2D eigenvalue weighted by Crippen LogP contribution is 2.39. The van der Waals surface area contributed by atoms with Crippen molar-refractivity contribution in [2.24, 2.45) is 0 Å². The van der Waals surface area contributed by atoms with Gasteiger partial charge in [0.05, 0.1) is 15.6 Å². The summed E-state index contributed by atoms with van der Waals surface area (Å²) in [5.41, 5.74) is 2.32. The summed E-state index contributed by atoms with van der Waals surface area (Å²) in [6.07, 6.45) is 3.07. The van der Waals surface area contributed by atoms with E-state index in [-0.39, 0.29) is 22.7 Å². The van der Waals surface area contributed by atoms with E-state index in [9.17, 15) is 14.9 Å². The molecule has 1 atom stereocenters. The molecule has 1 heterocycles. The maximum absolute atomic E-state index is 12.6. The Bertz CT molecular complexity index is 885. The van der Waals surface area contributed by atoms with Crippen molar-refractivity contribution < 1.29 is 9.72 Å². The first kappa shape index (κ1) is 19.2. The lowest BCUT2D eigenvalue weighted by Gasteiger charge is -2.35. The molecule has 0 saturated carbocycles. The minimum Gasteiger partial charge on any atom is -0.363 e. The van der Waals surface area contributed by atoms with Gasteiger partial charge in [0.2, 0.25) is 0 Å². The van der Waals surface area contributed by atoms with Crippen molar-refractivity contribution in [3.63, 3.8) is 0 Å². The van der Waals surface area contributed by atoms with Gasteiger partial charge in [0.15, 0.2) is 0 Å². The predicted molar refractivity (Wildman–Crippen MR) is 108 cm³/mol. The molecule has 0 aliphatic carbocycles. The Morgan fingerprint density at radius 3 is 2.74 bits per heavy atom. The van der Waals surface area contributed by atoms with Crippen molar-refractivity contribution in [2.75, 3.05) is 16.8 Å². The third-order valence-electron chi connectivity index (χ3n) is 4.90. The molecular formula is C20H22ClN3O3. The van der Waals surface area contributed by atoms with Crippen LogP contribution >= 0.6 is 11.6 Å². The average Bonchev–Trinajstić information content (AvgIpc) is 2.63. The third-order valence-corrected chi connectivity index (χ3v) is 5.21. The van der Waals surface area contributed by atoms with E-state index in [0.29, 0.717) is 16.9 Å². The molecule has 1 saturated heterocycles. The van der Waals surface area contributed by atoms with Gasteiger partial charge in [-0.1, -0.05) is 29.3 Å². The Morgan fingerprint density at radius 1 is 1.30 bits per heavy atom. The van der Waals surface area contributed by atoms with Crippen molar-refractivity contribution >= 4 is 34.6 Å². The van der Waals surface area contributed by atoms with Gasteiger partial charge in [-0.2, -0.15) is 0 Å². The number of nitrogens with one attached hydrogen (secondary N) is 1. The van der Waals surface area contributed by atoms with Crippen LogP contribution in [0, 0.1) is 17.0 Å². The first-order valence-electron chi connectivity index (χ1n) is 8.99. The number of rotatable bonds is 4. The summed E-state index contributed by atoms with van der Waals surface area (Å²) in [5, 5.41) is 14.5. The van der Waals surface area contributed by atoms with Crippen LogP contribution in [0.25, 0.3) is 0 Å². The van der Waals surface area contributed by atoms with Gasteiger partial charge in [0.1, 0.15) is 5.69 Å². The maximum Gasteiger partial charge on any atom is 0.294 e. The largest absolute Gasteiger partial charge is 0.363 e. The van der Waals surface area contributed by atoms with E-state index in [2.05, 4.69) is 12.2 Å². The van der Waals surface area contributed by atoms with E-state index in [1.165, 1.54) is 6.07 Å². The Kier molecular flexibility index (Phi) is 5.65. The number of nitrogens with zero attached hydrogens (tertiary/aromatic N) is 2. The molecule has 27 heavy (non-hydrogen) atoms. The number of nitro groups is 1. The van der Waals surface area contributed by atoms with Gasteiger partial charge in [-0.15, -0.1) is 0 Å². The molecule has 6 nitrogen and oxygen atoms in total. The lowest BCUT2D eigenvalue weighted by molar-refractivity contribution is -0.384. The topological polar surface area (TPSA) is 75.5 Å². The van der Waals surface area contributed by atoms with Gasteiger partial charge < -0.3 is 10.2 Å². The van der Waals surface area contributed by atoms with E-state index in [1.54, 1.807) is 18.2 Å². The van der Waals surface area contributed by atoms with Crippen molar-refractivity contribution in [3.8, 4) is 0 Å². The normalized spacial score (nSPS) is 16.9. The summed E-state index contributed by atoms with van der Waals surface area (Å²) in [7, 11) is 0. The zero-order valence-electron chi connectivity index (χ0n) is 15.4. The summed E-state index contributed by atoms with van der Waals surface area (Å²) in [6.45, 7) is 4.71. The number of benzene rings is 2. The molecule has 0 radical (unpaired) electrons. The molecule has 1 N–H and O–H groups in total. The fraction of sp³-hybridized carbons (Fsp3) is 0.350. The number of carbonyl (C=O) groups is 1. The number of anilines is 2. The van der Waals surface area contributed by atoms with Gasteiger partial charge in [-0.3, -0.25) is 14.9 Å². The van der Waals surface area contributed by atoms with E-state index in [4.69, 9.17) is 11.6 Å². The summed E-state index contributed by atoms with van der Waals surface area (Å²) in [6, 6.07) is 10.4. The SMILES string of the molecule is Cc1cccc(C(=O)Nc2cc(N3CCCC[C@@H]3C)c([N+](=O)[O-])cc2Cl)c1. The molecule has 1 amide bonds. The Morgan fingerprint density at radius 2 is 2.07 bits per heavy atom. The fourth-order valence-corrected chi connectivity index (χ4v) is 3.67. The molecule has 0 unspecified atom stereocenters. The van der Waals surface area contributed by atoms with Crippen LogP contribution < -0.4 is 10.2 Å². The molecular weight excluding hydrogens is 366 g/mol. The van der Waals surface area contributed by atoms with Crippen LogP contribution in [0.4, 0.5) is 17.1 Å². The highest BCUT2D eigenvalue weighted by Gasteiger charge is 2.27. The summed E-state index contributed by atoms with van der Waals surface area (Å²) >= 11 is 6.25. The van der Waals surface area contributed by atoms with E-state index in [0.717, 1.165) is 31.4 Å². The molecule has 1 aliphatic heterocycles. The molecule has 142 valence electrons. The molecule has 0 aromatic heterocycles. The number of amides is 1. The minimum absolute atomic E-state index is 0.0395. The van der Waals surface area contributed by atoms with E-state index < -0.39 is 4.92 Å². The fourth-order valence-electron chi connectivity index (χ4n) is 3.46. The van der Waals surface area contributed by atoms with Gasteiger partial charge in [-0.05, 0) is 51.3 Å². The number of hydrogen-bond acceptors (Lipinski definition) is 4. The van der Waals surface area contributed by atoms with Crippen LogP contribution in [-0.2, 0) is 0 Å². The lowest BCUT2D eigenvalue weighted by Crippen LogP contribution is -2.37. The second kappa shape index (κ2) is 7.96. The van der Waals surface area contributed by atoms with Gasteiger partial charge in [-0.25, -0.2) is 0 Å². The molecule has 0 spiro atoms. The summed E-state index contributed by atoms with van der Waals surface area (Å²) in [5.74, 6) is -0.299. The van der Waals surface area contributed by atoms with Gasteiger partial charge in [0.25, 0.3) is 11.6 Å². The number of carbonyl (C=O) groups excluding carboxylic acids is 1. The summed E-state index contributed by atoms with van der Waals surface area (Å²) in [4.78, 5) is 25.7. The van der Waals surface area contributed by atoms with Gasteiger partial charge >= 0.3 is 0 Å². The van der Waals surface area contributed by atoms with Crippen molar-refractivity contribution in [2.45, 2.75) is 39.2 Å². The molecule has 0 bridgehead atoms. The molecule has 1 aliphatic rings. The van der Waals surface area contributed by atoms with E-state index in [1.807, 2.05) is 24.0 Å². The van der Waals surface area contributed by atoms with E-state index >= 15 is 0 Å². The first-order valence-corrected chi connectivity index (χ1v) is 9.37. The number of aryl methyl sites for hydroxylation is 1. The second-order valence-corrected chi connectivity index (χ2v) is 7.35. The second-order valence-electron chi connectivity index (χ2n) is 6.94. The molecule has 3 rings (SSSR count). The molecule has 1 fully saturated rings. The minimum atomic E-state index is -0.422. The standard InChI is InChI=1S/C20H22ClN3O3/c1-13-6-5-8-15(10-13)20(25)22-17-12-18(19(24(26)27)11-16(17)21)23-9-4-3-7-14(23)2/h5-6,8,10-12,14H,3-4,7,9H2,1-2H3,(H,22,25)/t14-/m0/s1. The Hall–Kier alpha value is -2.60. The summed E-state index contributed by atoms with van der Waals surface area (Å²) < 4.78 is 0. The average molecular weight is 388 g/mol. The number of hydrogen-bond donors (Lipinski definition) is 1. The van der Waals surface area contributed by atoms with Crippen molar-refractivity contribution in [1.82, 2.24) is 0 Å². The predicted octanol–water partition coefficient (Wildman–Crippen LogP) is 5.19. The smallest absolute Gasteiger partial charge is 0.294 e.